The van der Waals surface area contributed by atoms with E-state index < -0.39 is 13.7 Å². The molecule has 1 spiro atoms. The van der Waals surface area contributed by atoms with Gasteiger partial charge in [-0.15, -0.1) is 5.10 Å². The lowest BCUT2D eigenvalue weighted by atomic mass is 9.82. The van der Waals surface area contributed by atoms with Crippen LogP contribution in [0.25, 0.3) is 0 Å². The molecule has 2 amide bonds. The Kier molecular flexibility index (Phi) is 12.2. The van der Waals surface area contributed by atoms with E-state index in [1.165, 1.54) is 16.3 Å². The van der Waals surface area contributed by atoms with Crippen molar-refractivity contribution in [2.75, 3.05) is 36.6 Å². The minimum atomic E-state index is -2.40. The Morgan fingerprint density at radius 2 is 1.81 bits per heavy atom. The molecule has 10 nitrogen and oxygen atoms in total. The van der Waals surface area contributed by atoms with E-state index in [4.69, 9.17) is 9.47 Å². The fraction of sp³-hybridized carbons (Fsp3) is 0.447. The van der Waals surface area contributed by atoms with E-state index in [0.29, 0.717) is 38.2 Å². The SMILES string of the molecule is COc1ccc([Si](C)(C)[C@H]2[C@H](CCn3cc(C(CO)c4ccccc4)nn3)O[C@@]3(C(=O)N(C/C=C(\C)CCC=C(C)C)c4ccc(N5CCCC5=O)cc43)[C@@H]2C)cc1. The molecular weight excluding hydrogens is 743 g/mol. The topological polar surface area (TPSA) is 110 Å². The van der Waals surface area contributed by atoms with Crippen LogP contribution in [0.15, 0.2) is 102 Å². The number of hydrogen-bond donors (Lipinski definition) is 1. The zero-order valence-corrected chi connectivity index (χ0v) is 36.1. The maximum Gasteiger partial charge on any atom is 0.264 e. The van der Waals surface area contributed by atoms with Gasteiger partial charge >= 0.3 is 0 Å². The number of nitrogens with zero attached hydrogens (tertiary/aromatic N) is 5. The van der Waals surface area contributed by atoms with Gasteiger partial charge in [0.2, 0.25) is 5.91 Å². The molecule has 3 aliphatic heterocycles. The number of fused-ring (bicyclic) bond motifs is 2. The van der Waals surface area contributed by atoms with Gasteiger partial charge in [0, 0.05) is 49.4 Å². The Morgan fingerprint density at radius 1 is 1.05 bits per heavy atom. The highest BCUT2D eigenvalue weighted by Crippen LogP contribution is 2.60. The van der Waals surface area contributed by atoms with Crippen molar-refractivity contribution >= 4 is 36.4 Å². The van der Waals surface area contributed by atoms with Crippen molar-refractivity contribution in [2.45, 2.75) is 103 Å². The molecule has 4 heterocycles. The number of aliphatic hydroxyl groups is 1. The Bertz CT molecular complexity index is 2160. The molecular formula is C47H59N5O5Si. The summed E-state index contributed by atoms with van der Waals surface area (Å²) in [5, 5.41) is 20.6. The number of anilines is 2. The van der Waals surface area contributed by atoms with E-state index in [2.05, 4.69) is 81.5 Å². The van der Waals surface area contributed by atoms with Crippen LogP contribution in [0, 0.1) is 5.92 Å². The zero-order chi connectivity index (χ0) is 41.2. The van der Waals surface area contributed by atoms with Gasteiger partial charge in [-0.2, -0.15) is 0 Å². The van der Waals surface area contributed by atoms with Gasteiger partial charge in [-0.3, -0.25) is 14.3 Å². The summed E-state index contributed by atoms with van der Waals surface area (Å²) < 4.78 is 14.8. The third-order valence-electron chi connectivity index (χ3n) is 12.9. The molecule has 5 atom stereocenters. The van der Waals surface area contributed by atoms with Crippen molar-refractivity contribution in [2.24, 2.45) is 5.92 Å². The van der Waals surface area contributed by atoms with Gasteiger partial charge in [0.15, 0.2) is 5.60 Å². The number of rotatable bonds is 15. The molecule has 1 unspecified atom stereocenters. The van der Waals surface area contributed by atoms with Gasteiger partial charge < -0.3 is 24.4 Å². The summed E-state index contributed by atoms with van der Waals surface area (Å²) in [5.74, 6) is 0.400. The second-order valence-electron chi connectivity index (χ2n) is 17.1. The van der Waals surface area contributed by atoms with E-state index in [-0.39, 0.29) is 41.9 Å². The molecule has 0 radical (unpaired) electrons. The van der Waals surface area contributed by atoms with Gasteiger partial charge in [-0.1, -0.05) is 96.2 Å². The van der Waals surface area contributed by atoms with Gasteiger partial charge in [-0.25, -0.2) is 0 Å². The van der Waals surface area contributed by atoms with Crippen molar-refractivity contribution in [1.82, 2.24) is 15.0 Å². The summed E-state index contributed by atoms with van der Waals surface area (Å²) >= 11 is 0. The number of allylic oxidation sites excluding steroid dienone is 3. The number of carbonyl (C=O) groups excluding carboxylic acids is 2. The number of hydrogen-bond acceptors (Lipinski definition) is 7. The summed E-state index contributed by atoms with van der Waals surface area (Å²) in [5.41, 5.74) is 5.53. The number of ether oxygens (including phenoxy) is 2. The van der Waals surface area contributed by atoms with Crippen molar-refractivity contribution in [3.63, 3.8) is 0 Å². The van der Waals surface area contributed by atoms with Crippen LogP contribution < -0.4 is 19.7 Å². The zero-order valence-electron chi connectivity index (χ0n) is 35.1. The van der Waals surface area contributed by atoms with E-state index in [1.54, 1.807) is 7.11 Å². The average Bonchev–Trinajstić information content (AvgIpc) is 3.99. The number of methoxy groups -OCH3 is 1. The van der Waals surface area contributed by atoms with Crippen LogP contribution in [-0.4, -0.2) is 72.9 Å². The van der Waals surface area contributed by atoms with Gasteiger partial charge in [0.05, 0.1) is 45.2 Å². The standard InChI is InChI=1S/C47H59N5O5Si/c1-32(2)13-11-14-33(3)24-28-52-42-23-18-36(51-26-12-17-44(51)54)29-40(42)47(46(52)55)34(4)45(58(6,7)38-21-19-37(56-5)20-22-38)43(57-47)25-27-50-30-41(48-49-50)39(31-53)35-15-9-8-10-16-35/h8-10,13,15-16,18-24,29-30,34,39,43,45,53H,11-12,14,17,25-28,31H2,1-7H3/b33-24+/t34-,39?,43+,45-,47+/m1/s1. The predicted molar refractivity (Wildman–Crippen MR) is 232 cm³/mol. The third kappa shape index (κ3) is 7.84. The largest absolute Gasteiger partial charge is 0.497 e. The van der Waals surface area contributed by atoms with Crippen LogP contribution in [0.1, 0.15) is 82.5 Å². The molecule has 306 valence electrons. The number of amides is 2. The monoisotopic (exact) mass is 801 g/mol. The Hall–Kier alpha value is -4.84. The van der Waals surface area contributed by atoms with Gasteiger partial charge in [-0.05, 0) is 87.9 Å². The second kappa shape index (κ2) is 17.2. The summed E-state index contributed by atoms with van der Waals surface area (Å²) in [6.07, 6.45) is 9.90. The van der Waals surface area contributed by atoms with Crippen LogP contribution in [-0.2, 0) is 26.5 Å². The molecule has 11 heteroatoms. The number of aromatic nitrogens is 3. The Labute approximate surface area is 344 Å². The van der Waals surface area contributed by atoms with Crippen LogP contribution >= 0.6 is 0 Å². The molecule has 3 aromatic carbocycles. The molecule has 2 fully saturated rings. The quantitative estimate of drug-likeness (QED) is 0.0963. The molecule has 58 heavy (non-hydrogen) atoms. The molecule has 4 aromatic rings. The maximum atomic E-state index is 15.4. The minimum Gasteiger partial charge on any atom is -0.497 e. The van der Waals surface area contributed by atoms with Crippen LogP contribution in [0.2, 0.25) is 18.6 Å². The smallest absolute Gasteiger partial charge is 0.264 e. The summed E-state index contributed by atoms with van der Waals surface area (Å²) in [7, 11) is -0.716. The maximum absolute atomic E-state index is 15.4. The predicted octanol–water partition coefficient (Wildman–Crippen LogP) is 7.88. The highest BCUT2D eigenvalue weighted by molar-refractivity contribution is 6.91. The number of aliphatic hydroxyl groups excluding tert-OH is 1. The van der Waals surface area contributed by atoms with Crippen molar-refractivity contribution in [3.8, 4) is 5.75 Å². The second-order valence-corrected chi connectivity index (χ2v) is 21.8. The minimum absolute atomic E-state index is 0.0357. The van der Waals surface area contributed by atoms with Gasteiger partial charge in [0.1, 0.15) is 5.75 Å². The fourth-order valence-electron chi connectivity index (χ4n) is 9.68. The molecule has 0 aliphatic carbocycles. The highest BCUT2D eigenvalue weighted by Gasteiger charge is 2.66. The molecule has 1 aromatic heterocycles. The van der Waals surface area contributed by atoms with E-state index in [0.717, 1.165) is 47.5 Å². The van der Waals surface area contributed by atoms with E-state index in [9.17, 15) is 9.90 Å². The molecule has 7 rings (SSSR count). The first-order valence-corrected chi connectivity index (χ1v) is 23.9. The summed E-state index contributed by atoms with van der Waals surface area (Å²) in [6.45, 7) is 14.9. The number of aryl methyl sites for hydroxylation is 1. The fourth-order valence-corrected chi connectivity index (χ4v) is 13.7. The summed E-state index contributed by atoms with van der Waals surface area (Å²) in [4.78, 5) is 32.2. The Morgan fingerprint density at radius 3 is 2.48 bits per heavy atom. The number of benzene rings is 3. The average molecular weight is 802 g/mol. The lowest BCUT2D eigenvalue weighted by molar-refractivity contribution is -0.145. The van der Waals surface area contributed by atoms with E-state index in [1.807, 2.05) is 75.3 Å². The number of carbonyl (C=O) groups is 2. The highest BCUT2D eigenvalue weighted by atomic mass is 28.3. The van der Waals surface area contributed by atoms with Gasteiger partial charge in [0.25, 0.3) is 5.91 Å². The first-order chi connectivity index (χ1) is 27.9. The third-order valence-corrected chi connectivity index (χ3v) is 17.2. The lowest BCUT2D eigenvalue weighted by Crippen LogP contribution is -2.52. The van der Waals surface area contributed by atoms with Crippen LogP contribution in [0.3, 0.4) is 0 Å². The molecule has 0 saturated carbocycles. The van der Waals surface area contributed by atoms with Crippen LogP contribution in [0.5, 0.6) is 5.75 Å². The van der Waals surface area contributed by atoms with Crippen molar-refractivity contribution in [3.05, 3.63) is 119 Å². The van der Waals surface area contributed by atoms with E-state index >= 15 is 4.79 Å². The van der Waals surface area contributed by atoms with Crippen molar-refractivity contribution < 1.29 is 24.2 Å². The summed E-state index contributed by atoms with van der Waals surface area (Å²) in [6, 6.07) is 24.4. The van der Waals surface area contributed by atoms with Crippen LogP contribution in [0.4, 0.5) is 11.4 Å². The molecule has 2 saturated heterocycles. The first kappa shape index (κ1) is 41.3. The molecule has 3 aliphatic rings. The lowest BCUT2D eigenvalue weighted by Gasteiger charge is -2.37. The first-order valence-electron chi connectivity index (χ1n) is 20.8. The van der Waals surface area contributed by atoms with Crippen molar-refractivity contribution in [1.29, 1.82) is 0 Å². The molecule has 1 N–H and O–H groups in total. The Balaban J connectivity index is 1.27. The molecule has 0 bridgehead atoms. The normalized spacial score (nSPS) is 22.6.